The Morgan fingerprint density at radius 3 is 2.88 bits per heavy atom. The summed E-state index contributed by atoms with van der Waals surface area (Å²) in [5, 5.41) is 0. The van der Waals surface area contributed by atoms with Gasteiger partial charge in [0.25, 0.3) is 0 Å². The average molecular weight is 347 g/mol. The minimum atomic E-state index is 0.306. The molecule has 0 radical (unpaired) electrons. The lowest BCUT2D eigenvalue weighted by atomic mass is 10.2. The molecule has 0 saturated heterocycles. The monoisotopic (exact) mass is 347 g/mol. The normalized spacial score (nSPS) is 18.4. The Balaban J connectivity index is 2.19. The van der Waals surface area contributed by atoms with E-state index in [1.807, 2.05) is 0 Å². The van der Waals surface area contributed by atoms with Gasteiger partial charge in [-0.3, -0.25) is 0 Å². The average Bonchev–Trinajstić information content (AvgIpc) is 2.58. The summed E-state index contributed by atoms with van der Waals surface area (Å²) in [5.41, 5.74) is 5.30. The number of benzene rings is 1. The maximum absolute atomic E-state index is 2.47. The molecule has 0 aromatic heterocycles. The fraction of sp³-hybridized carbons (Fsp3) is 0.462. The molecule has 0 saturated carbocycles. The summed E-state index contributed by atoms with van der Waals surface area (Å²) in [4.78, 5) is 3.99. The van der Waals surface area contributed by atoms with Crippen molar-refractivity contribution in [3.8, 4) is 0 Å². The van der Waals surface area contributed by atoms with Gasteiger partial charge in [-0.15, -0.1) is 10.5 Å². The molecular formula is C13H18INS. The molecule has 1 heterocycles. The van der Waals surface area contributed by atoms with Crippen LogP contribution >= 0.6 is 33.1 Å². The minimum Gasteiger partial charge on any atom is -0.342 e. The highest BCUT2D eigenvalue weighted by Crippen LogP contribution is 2.40. The van der Waals surface area contributed by atoms with Crippen molar-refractivity contribution in [2.45, 2.75) is 24.7 Å². The topological polar surface area (TPSA) is 3.24 Å². The molecule has 1 aliphatic rings. The molecule has 1 unspecified atom stereocenters. The quantitative estimate of drug-likeness (QED) is 0.344. The van der Waals surface area contributed by atoms with Crippen LogP contribution < -0.4 is 4.90 Å². The zero-order valence-corrected chi connectivity index (χ0v) is 12.8. The lowest BCUT2D eigenvalue weighted by molar-refractivity contribution is 0.811. The van der Waals surface area contributed by atoms with Crippen molar-refractivity contribution in [1.82, 2.24) is 0 Å². The van der Waals surface area contributed by atoms with Crippen molar-refractivity contribution in [1.29, 1.82) is 0 Å². The summed E-state index contributed by atoms with van der Waals surface area (Å²) in [5.74, 6) is 0. The molecule has 0 fully saturated rings. The number of fused-ring (bicyclic) bond motifs is 1. The number of halogens is 1. The molecule has 1 aliphatic heterocycles. The summed E-state index contributed by atoms with van der Waals surface area (Å²) < 4.78 is 1.27. The van der Waals surface area contributed by atoms with E-state index in [2.05, 4.69) is 64.4 Å². The Hall–Kier alpha value is -0.0300. The molecule has 16 heavy (non-hydrogen) atoms. The molecule has 0 N–H and O–H groups in total. The largest absolute Gasteiger partial charge is 0.342 e. The van der Waals surface area contributed by atoms with Gasteiger partial charge in [0.2, 0.25) is 0 Å². The van der Waals surface area contributed by atoms with Crippen LogP contribution in [0.4, 0.5) is 5.69 Å². The fourth-order valence-electron chi connectivity index (χ4n) is 2.10. The first kappa shape index (κ1) is 12.4. The van der Waals surface area contributed by atoms with E-state index in [1.54, 1.807) is 0 Å². The third-order valence-corrected chi connectivity index (χ3v) is 5.26. The van der Waals surface area contributed by atoms with Crippen LogP contribution in [0.1, 0.15) is 18.4 Å². The lowest BCUT2D eigenvalue weighted by Gasteiger charge is -2.19. The number of hydrogen-bond acceptors (Lipinski definition) is 1. The van der Waals surface area contributed by atoms with Crippen LogP contribution in [0.15, 0.2) is 23.1 Å². The van der Waals surface area contributed by atoms with Gasteiger partial charge >= 0.3 is 0 Å². The van der Waals surface area contributed by atoms with E-state index >= 15 is 0 Å². The second-order valence-electron chi connectivity index (χ2n) is 4.17. The predicted molar refractivity (Wildman–Crippen MR) is 84.5 cm³/mol. The second kappa shape index (κ2) is 5.54. The van der Waals surface area contributed by atoms with Crippen LogP contribution in [-0.4, -0.2) is 22.7 Å². The van der Waals surface area contributed by atoms with Crippen molar-refractivity contribution in [3.05, 3.63) is 23.8 Å². The molecule has 0 aliphatic carbocycles. The first-order valence-electron chi connectivity index (χ1n) is 5.66. The van der Waals surface area contributed by atoms with Gasteiger partial charge in [-0.25, -0.2) is 0 Å². The standard InChI is InChI=1S/C13H18INS/c1-11-6-5-7-12-13(11)15(10-16(12)2)9-4-3-8-14/h5-7,10H,3-4,8-9H2,1-2H3. The highest BCUT2D eigenvalue weighted by atomic mass is 127. The van der Waals surface area contributed by atoms with Crippen molar-refractivity contribution < 1.29 is 0 Å². The van der Waals surface area contributed by atoms with Crippen molar-refractivity contribution in [2.24, 2.45) is 0 Å². The van der Waals surface area contributed by atoms with Gasteiger partial charge in [-0.1, -0.05) is 34.7 Å². The number of aryl methyl sites for hydroxylation is 1. The van der Waals surface area contributed by atoms with Crippen LogP contribution in [-0.2, 0) is 0 Å². The van der Waals surface area contributed by atoms with Crippen LogP contribution in [0.3, 0.4) is 0 Å². The number of unbranched alkanes of at least 4 members (excludes halogenated alkanes) is 1. The number of hydrogen-bond donors (Lipinski definition) is 0. The van der Waals surface area contributed by atoms with Crippen molar-refractivity contribution in [2.75, 3.05) is 22.1 Å². The number of para-hydroxylation sites is 1. The number of anilines is 1. The van der Waals surface area contributed by atoms with Gasteiger partial charge in [-0.2, -0.15) is 0 Å². The van der Waals surface area contributed by atoms with Gasteiger partial charge < -0.3 is 4.90 Å². The second-order valence-corrected chi connectivity index (χ2v) is 7.02. The predicted octanol–water partition coefficient (Wildman–Crippen LogP) is 4.05. The molecule has 1 nitrogen and oxygen atoms in total. The summed E-state index contributed by atoms with van der Waals surface area (Å²) >= 11 is 2.46. The molecule has 3 heteroatoms. The number of rotatable bonds is 4. The number of nitrogens with zero attached hydrogens (tertiary/aromatic N) is 1. The zero-order chi connectivity index (χ0) is 11.5. The summed E-state index contributed by atoms with van der Waals surface area (Å²) in [6.07, 6.45) is 4.94. The first-order valence-corrected chi connectivity index (χ1v) is 8.88. The molecule has 88 valence electrons. The van der Waals surface area contributed by atoms with E-state index in [1.165, 1.54) is 40.0 Å². The minimum absolute atomic E-state index is 0.306. The Labute approximate surface area is 114 Å². The van der Waals surface area contributed by atoms with Crippen LogP contribution in [0, 0.1) is 6.92 Å². The van der Waals surface area contributed by atoms with Gasteiger partial charge in [-0.05, 0) is 42.1 Å². The highest BCUT2D eigenvalue weighted by Gasteiger charge is 2.18. The molecule has 1 aromatic rings. The maximum Gasteiger partial charge on any atom is 0.0573 e. The Bertz CT molecular complexity index is 414. The first-order chi connectivity index (χ1) is 7.74. The van der Waals surface area contributed by atoms with E-state index in [0.29, 0.717) is 10.5 Å². The van der Waals surface area contributed by atoms with Crippen LogP contribution in [0.25, 0.3) is 0 Å². The van der Waals surface area contributed by atoms with Crippen LogP contribution in [0.2, 0.25) is 0 Å². The van der Waals surface area contributed by atoms with Crippen LogP contribution in [0.5, 0.6) is 0 Å². The molecular weight excluding hydrogens is 329 g/mol. The van der Waals surface area contributed by atoms with E-state index in [4.69, 9.17) is 0 Å². The number of alkyl halides is 1. The molecule has 1 atom stereocenters. The smallest absolute Gasteiger partial charge is 0.0573 e. The van der Waals surface area contributed by atoms with E-state index in [0.717, 1.165) is 0 Å². The van der Waals surface area contributed by atoms with Crippen molar-refractivity contribution in [3.63, 3.8) is 0 Å². The summed E-state index contributed by atoms with van der Waals surface area (Å²) in [7, 11) is 0.306. The Kier molecular flexibility index (Phi) is 4.30. The third-order valence-electron chi connectivity index (χ3n) is 2.90. The van der Waals surface area contributed by atoms with Gasteiger partial charge in [0.15, 0.2) is 0 Å². The van der Waals surface area contributed by atoms with Gasteiger partial charge in [0.05, 0.1) is 5.69 Å². The highest BCUT2D eigenvalue weighted by molar-refractivity contribution is 14.1. The fourth-order valence-corrected chi connectivity index (χ4v) is 4.22. The molecule has 1 aromatic carbocycles. The zero-order valence-electron chi connectivity index (χ0n) is 9.87. The molecule has 2 rings (SSSR count). The van der Waals surface area contributed by atoms with E-state index < -0.39 is 0 Å². The Morgan fingerprint density at radius 1 is 1.31 bits per heavy atom. The summed E-state index contributed by atoms with van der Waals surface area (Å²) in [6, 6.07) is 6.68. The third kappa shape index (κ3) is 2.45. The summed E-state index contributed by atoms with van der Waals surface area (Å²) in [6.45, 7) is 3.40. The SMILES string of the molecule is Cc1cccc2c1N(CCCCI)C=S2C. The molecule has 0 amide bonds. The van der Waals surface area contributed by atoms with E-state index in [9.17, 15) is 0 Å². The Morgan fingerprint density at radius 2 is 2.12 bits per heavy atom. The molecule has 0 bridgehead atoms. The maximum atomic E-state index is 2.47. The molecule has 0 spiro atoms. The lowest BCUT2D eigenvalue weighted by Crippen LogP contribution is -2.20. The van der Waals surface area contributed by atoms with Gasteiger partial charge in [0.1, 0.15) is 0 Å². The van der Waals surface area contributed by atoms with E-state index in [-0.39, 0.29) is 0 Å². The van der Waals surface area contributed by atoms with Gasteiger partial charge in [0, 0.05) is 16.9 Å². The van der Waals surface area contributed by atoms with Crippen molar-refractivity contribution >= 4 is 44.3 Å².